The third-order valence-electron chi connectivity index (χ3n) is 12.7. The number of para-hydroxylation sites is 1. The van der Waals surface area contributed by atoms with Crippen molar-refractivity contribution in [2.45, 2.75) is 69.5 Å². The number of nitrogens with zero attached hydrogens (tertiary/aromatic N) is 6. The summed E-state index contributed by atoms with van der Waals surface area (Å²) < 4.78 is 0. The lowest BCUT2D eigenvalue weighted by atomic mass is 9.85. The monoisotopic (exact) mass is 763 g/mol. The highest BCUT2D eigenvalue weighted by atomic mass is 16.3. The smallest absolute Gasteiger partial charge is 0.262 e. The Kier molecular flexibility index (Phi) is 11.2. The Labute approximate surface area is 328 Å². The van der Waals surface area contributed by atoms with Gasteiger partial charge in [0.15, 0.2) is 5.82 Å². The number of piperazine rings is 1. The van der Waals surface area contributed by atoms with Crippen LogP contribution in [0.5, 0.6) is 5.75 Å². The molecule has 1 aliphatic carbocycles. The number of phenolic OH excluding ortho intramolecular Hbond substituents is 1. The zero-order valence-corrected chi connectivity index (χ0v) is 32.2. The van der Waals surface area contributed by atoms with E-state index in [1.807, 2.05) is 24.3 Å². The number of piperidine rings is 1. The van der Waals surface area contributed by atoms with Crippen LogP contribution in [0.4, 0.5) is 17.2 Å². The fourth-order valence-corrected chi connectivity index (χ4v) is 9.48. The number of phenols is 1. The van der Waals surface area contributed by atoms with Crippen molar-refractivity contribution in [3.05, 3.63) is 59.7 Å². The zero-order valence-electron chi connectivity index (χ0n) is 32.2. The lowest BCUT2D eigenvalue weighted by Crippen LogP contribution is -2.58. The number of likely N-dealkylation sites (N-methyl/N-ethyl adjacent to an activating group) is 1. The number of carbonyl (C=O) groups is 4. The highest BCUT2D eigenvalue weighted by Crippen LogP contribution is 2.37. The van der Waals surface area contributed by atoms with Crippen LogP contribution in [0.25, 0.3) is 11.3 Å². The van der Waals surface area contributed by atoms with Crippen LogP contribution in [0, 0.1) is 11.8 Å². The second-order valence-electron chi connectivity index (χ2n) is 16.1. The van der Waals surface area contributed by atoms with Gasteiger partial charge in [0, 0.05) is 76.6 Å². The standard InChI is InChI=1S/C42H53N9O5/c1-43-40(54)36(6-4-20-52)51-41(55)32-13-12-30(21-34(32)42(51)56)49-16-14-27(15-17-49)23-44-29-10-8-28(9-11-29)25-48-18-19-50-31(26-48)24-45-39-37(50)22-35(46-47-39)33-5-2-3-7-38(33)53/h2-3,5,7,12-13,20-22,27-29,31,36,44,53H,4,6,8-11,14-19,23-26H2,1H3,(H,43,54)(H,45,47). The van der Waals surface area contributed by atoms with Crippen molar-refractivity contribution < 1.29 is 24.3 Å². The fourth-order valence-electron chi connectivity index (χ4n) is 9.48. The van der Waals surface area contributed by atoms with E-state index >= 15 is 0 Å². The maximum Gasteiger partial charge on any atom is 0.262 e. The minimum atomic E-state index is -1.01. The molecule has 1 aromatic heterocycles. The molecule has 56 heavy (non-hydrogen) atoms. The first-order valence-corrected chi connectivity index (χ1v) is 20.4. The molecular weight excluding hydrogens is 711 g/mol. The summed E-state index contributed by atoms with van der Waals surface area (Å²) in [4.78, 5) is 58.6. The third-order valence-corrected chi connectivity index (χ3v) is 12.7. The molecular formula is C42H53N9O5. The number of fused-ring (bicyclic) bond motifs is 4. The van der Waals surface area contributed by atoms with E-state index in [0.29, 0.717) is 46.7 Å². The van der Waals surface area contributed by atoms with Gasteiger partial charge in [-0.1, -0.05) is 12.1 Å². The highest BCUT2D eigenvalue weighted by molar-refractivity contribution is 6.23. The number of hydrogen-bond donors (Lipinski definition) is 4. The van der Waals surface area contributed by atoms with E-state index in [9.17, 15) is 24.3 Å². The summed E-state index contributed by atoms with van der Waals surface area (Å²) in [5, 5.41) is 29.2. The summed E-state index contributed by atoms with van der Waals surface area (Å²) in [6, 6.07) is 14.7. The molecule has 2 unspecified atom stereocenters. The Balaban J connectivity index is 0.769. The second-order valence-corrected chi connectivity index (χ2v) is 16.1. The molecule has 4 aliphatic heterocycles. The summed E-state index contributed by atoms with van der Waals surface area (Å²) in [7, 11) is 1.46. The largest absolute Gasteiger partial charge is 0.507 e. The van der Waals surface area contributed by atoms with Gasteiger partial charge in [-0.15, -0.1) is 10.2 Å². The average molecular weight is 764 g/mol. The van der Waals surface area contributed by atoms with Gasteiger partial charge in [-0.25, -0.2) is 0 Å². The van der Waals surface area contributed by atoms with E-state index in [2.05, 4.69) is 46.9 Å². The van der Waals surface area contributed by atoms with Gasteiger partial charge in [-0.3, -0.25) is 24.2 Å². The van der Waals surface area contributed by atoms with Crippen LogP contribution in [0.3, 0.4) is 0 Å². The Morgan fingerprint density at radius 3 is 2.48 bits per heavy atom. The number of carbonyl (C=O) groups excluding carboxylic acids is 4. The molecule has 14 nitrogen and oxygen atoms in total. The molecule has 0 radical (unpaired) electrons. The molecule has 2 saturated heterocycles. The predicted octanol–water partition coefficient (Wildman–Crippen LogP) is 3.52. The van der Waals surface area contributed by atoms with Crippen LogP contribution in [-0.4, -0.2) is 127 Å². The van der Waals surface area contributed by atoms with Crippen molar-refractivity contribution >= 4 is 41.2 Å². The molecule has 8 rings (SSSR count). The maximum atomic E-state index is 13.4. The number of rotatable bonds is 12. The summed E-state index contributed by atoms with van der Waals surface area (Å²) >= 11 is 0. The molecule has 3 fully saturated rings. The van der Waals surface area contributed by atoms with E-state index in [4.69, 9.17) is 0 Å². The van der Waals surface area contributed by atoms with Crippen molar-refractivity contribution in [3.8, 4) is 17.0 Å². The van der Waals surface area contributed by atoms with Crippen LogP contribution in [0.1, 0.15) is 72.1 Å². The van der Waals surface area contributed by atoms with E-state index in [1.165, 1.54) is 32.7 Å². The van der Waals surface area contributed by atoms with E-state index in [-0.39, 0.29) is 18.6 Å². The van der Waals surface area contributed by atoms with Gasteiger partial charge in [0.1, 0.15) is 18.1 Å². The summed E-state index contributed by atoms with van der Waals surface area (Å²) in [6.45, 7) is 7.78. The number of aldehydes is 1. The van der Waals surface area contributed by atoms with Gasteiger partial charge in [0.2, 0.25) is 5.91 Å². The van der Waals surface area contributed by atoms with Crippen molar-refractivity contribution in [1.82, 2.24) is 30.6 Å². The number of hydrogen-bond acceptors (Lipinski definition) is 12. The van der Waals surface area contributed by atoms with Gasteiger partial charge >= 0.3 is 0 Å². The molecule has 2 atom stereocenters. The maximum absolute atomic E-state index is 13.4. The van der Waals surface area contributed by atoms with Gasteiger partial charge in [-0.2, -0.15) is 0 Å². The molecule has 0 bridgehead atoms. The molecule has 3 aromatic rings. The topological polar surface area (TPSA) is 163 Å². The van der Waals surface area contributed by atoms with E-state index < -0.39 is 23.8 Å². The minimum absolute atomic E-state index is 0.0814. The summed E-state index contributed by atoms with van der Waals surface area (Å²) in [6.07, 6.45) is 7.91. The number of amides is 3. The van der Waals surface area contributed by atoms with Crippen molar-refractivity contribution in [3.63, 3.8) is 0 Å². The first-order valence-electron chi connectivity index (χ1n) is 20.4. The molecule has 4 N–H and O–H groups in total. The van der Waals surface area contributed by atoms with Gasteiger partial charge < -0.3 is 35.7 Å². The number of anilines is 3. The van der Waals surface area contributed by atoms with Crippen molar-refractivity contribution in [1.29, 1.82) is 0 Å². The van der Waals surface area contributed by atoms with E-state index in [1.54, 1.807) is 18.2 Å². The van der Waals surface area contributed by atoms with Crippen molar-refractivity contribution in [2.24, 2.45) is 11.8 Å². The quantitative estimate of drug-likeness (QED) is 0.157. The molecule has 296 valence electrons. The minimum Gasteiger partial charge on any atom is -0.507 e. The Morgan fingerprint density at radius 2 is 1.71 bits per heavy atom. The Morgan fingerprint density at radius 1 is 0.929 bits per heavy atom. The molecule has 14 heteroatoms. The van der Waals surface area contributed by atoms with Gasteiger partial charge in [-0.05, 0) is 99.7 Å². The first-order chi connectivity index (χ1) is 27.3. The lowest BCUT2D eigenvalue weighted by molar-refractivity contribution is -0.124. The molecule has 3 amide bonds. The van der Waals surface area contributed by atoms with Gasteiger partial charge in [0.05, 0.1) is 28.6 Å². The lowest BCUT2D eigenvalue weighted by Gasteiger charge is -2.46. The van der Waals surface area contributed by atoms with Crippen LogP contribution in [0.2, 0.25) is 0 Å². The molecule has 1 saturated carbocycles. The Hall–Kier alpha value is -5.08. The van der Waals surface area contributed by atoms with Crippen LogP contribution in [-0.2, 0) is 9.59 Å². The number of aromatic hydroxyl groups is 1. The number of benzene rings is 2. The SMILES string of the molecule is CNC(=O)C(CCC=O)N1C(=O)c2ccc(N3CCC(CNC4CCC(CN5CCN6c7cc(-c8ccccc8O)nnc7NCC6C5)CC4)CC3)cc2C1=O. The van der Waals surface area contributed by atoms with E-state index in [0.717, 1.165) is 93.2 Å². The highest BCUT2D eigenvalue weighted by Gasteiger charge is 2.43. The van der Waals surface area contributed by atoms with Crippen molar-refractivity contribution in [2.75, 3.05) is 74.5 Å². The first kappa shape index (κ1) is 37.8. The normalized spacial score (nSPS) is 23.2. The number of nitrogens with one attached hydrogen (secondary N) is 3. The molecule has 5 aliphatic rings. The summed E-state index contributed by atoms with van der Waals surface area (Å²) in [5.41, 5.74) is 3.99. The Bertz CT molecular complexity index is 1940. The molecule has 5 heterocycles. The van der Waals surface area contributed by atoms with Gasteiger partial charge in [0.25, 0.3) is 11.8 Å². The predicted molar refractivity (Wildman–Crippen MR) is 214 cm³/mol. The number of aromatic nitrogens is 2. The fraction of sp³-hybridized carbons (Fsp3) is 0.524. The van der Waals surface area contributed by atoms with Crippen LogP contribution < -0.4 is 25.8 Å². The van der Waals surface area contributed by atoms with Crippen LogP contribution >= 0.6 is 0 Å². The zero-order chi connectivity index (χ0) is 38.8. The number of imide groups is 1. The molecule has 2 aromatic carbocycles. The summed E-state index contributed by atoms with van der Waals surface area (Å²) in [5.74, 6) is 0.918. The second kappa shape index (κ2) is 16.6. The third kappa shape index (κ3) is 7.68. The van der Waals surface area contributed by atoms with Crippen LogP contribution in [0.15, 0.2) is 48.5 Å². The molecule has 0 spiro atoms. The average Bonchev–Trinajstić information content (AvgIpc) is 3.48.